The fourth-order valence-electron chi connectivity index (χ4n) is 3.84. The second kappa shape index (κ2) is 8.10. The minimum atomic E-state index is -0.564. The van der Waals surface area contributed by atoms with E-state index in [-0.39, 0.29) is 17.5 Å². The maximum absolute atomic E-state index is 12.7. The third-order valence-electron chi connectivity index (χ3n) is 5.53. The van der Waals surface area contributed by atoms with Gasteiger partial charge in [-0.25, -0.2) is 9.97 Å². The van der Waals surface area contributed by atoms with Gasteiger partial charge in [-0.1, -0.05) is 12.1 Å². The predicted molar refractivity (Wildman–Crippen MR) is 118 cm³/mol. The van der Waals surface area contributed by atoms with Crippen LogP contribution in [0.25, 0.3) is 22.2 Å². The van der Waals surface area contributed by atoms with Crippen molar-refractivity contribution in [3.8, 4) is 11.3 Å². The molecule has 1 fully saturated rings. The van der Waals surface area contributed by atoms with E-state index in [0.717, 1.165) is 28.6 Å². The summed E-state index contributed by atoms with van der Waals surface area (Å²) >= 11 is 0. The molecule has 0 spiro atoms. The van der Waals surface area contributed by atoms with E-state index in [1.807, 2.05) is 29.2 Å². The number of carbonyl (C=O) groups excluding carboxylic acids is 2. The highest BCUT2D eigenvalue weighted by Crippen LogP contribution is 2.27. The predicted octanol–water partition coefficient (Wildman–Crippen LogP) is 2.39. The maximum Gasteiger partial charge on any atom is 0.251 e. The van der Waals surface area contributed by atoms with Crippen molar-refractivity contribution in [2.45, 2.75) is 12.5 Å². The highest BCUT2D eigenvalue weighted by Gasteiger charge is 2.26. The van der Waals surface area contributed by atoms with Crippen LogP contribution >= 0.6 is 0 Å². The van der Waals surface area contributed by atoms with E-state index in [1.54, 1.807) is 24.6 Å². The number of furan rings is 1. The summed E-state index contributed by atoms with van der Waals surface area (Å²) in [5.74, 6) is -0.189. The second-order valence-electron chi connectivity index (χ2n) is 7.61. The molecule has 5 rings (SSSR count). The van der Waals surface area contributed by atoms with Gasteiger partial charge in [-0.2, -0.15) is 0 Å². The van der Waals surface area contributed by atoms with Gasteiger partial charge in [0.25, 0.3) is 11.8 Å². The van der Waals surface area contributed by atoms with Crippen LogP contribution in [0.1, 0.15) is 27.1 Å². The molecule has 1 aliphatic heterocycles. The van der Waals surface area contributed by atoms with Crippen molar-refractivity contribution in [1.29, 1.82) is 0 Å². The Bertz CT molecular complexity index is 1280. The number of pyridine rings is 1. The fraction of sp³-hybridized carbons (Fsp3) is 0.174. The van der Waals surface area contributed by atoms with E-state index in [2.05, 4.69) is 20.3 Å². The number of hydrogen-bond acceptors (Lipinski definition) is 7. The zero-order valence-electron chi connectivity index (χ0n) is 17.1. The summed E-state index contributed by atoms with van der Waals surface area (Å²) in [7, 11) is 0. The van der Waals surface area contributed by atoms with Gasteiger partial charge < -0.3 is 20.4 Å². The van der Waals surface area contributed by atoms with E-state index < -0.39 is 5.91 Å². The third kappa shape index (κ3) is 3.76. The number of carbonyl (C=O) groups is 2. The summed E-state index contributed by atoms with van der Waals surface area (Å²) < 4.78 is 5.44. The van der Waals surface area contributed by atoms with Gasteiger partial charge in [0, 0.05) is 54.2 Å². The molecule has 1 aromatic carbocycles. The Balaban J connectivity index is 1.24. The number of nitrogens with zero attached hydrogens (tertiary/aromatic N) is 4. The molecule has 0 bridgehead atoms. The number of fused-ring (bicyclic) bond motifs is 1. The Morgan fingerprint density at radius 1 is 1.03 bits per heavy atom. The van der Waals surface area contributed by atoms with Crippen LogP contribution in [0.5, 0.6) is 0 Å². The first-order valence-corrected chi connectivity index (χ1v) is 10.2. The molecule has 0 aliphatic carbocycles. The van der Waals surface area contributed by atoms with Crippen molar-refractivity contribution in [2.75, 3.05) is 18.0 Å². The number of nitrogens with two attached hydrogens (primary N) is 1. The number of benzene rings is 1. The highest BCUT2D eigenvalue weighted by atomic mass is 16.3. The number of aromatic nitrogens is 3. The number of nitrogens with one attached hydrogen (secondary N) is 1. The summed E-state index contributed by atoms with van der Waals surface area (Å²) in [6.07, 6.45) is 6.95. The molecular weight excluding hydrogens is 408 g/mol. The van der Waals surface area contributed by atoms with Crippen LogP contribution in [-0.4, -0.2) is 45.9 Å². The minimum absolute atomic E-state index is 0.0251. The molecule has 32 heavy (non-hydrogen) atoms. The number of primary amides is 1. The van der Waals surface area contributed by atoms with Crippen molar-refractivity contribution < 1.29 is 14.0 Å². The lowest BCUT2D eigenvalue weighted by molar-refractivity contribution is 0.0939. The van der Waals surface area contributed by atoms with Crippen LogP contribution in [0, 0.1) is 0 Å². The summed E-state index contributed by atoms with van der Waals surface area (Å²) in [4.78, 5) is 38.7. The molecule has 9 heteroatoms. The van der Waals surface area contributed by atoms with E-state index in [9.17, 15) is 9.59 Å². The van der Waals surface area contributed by atoms with E-state index in [4.69, 9.17) is 10.2 Å². The average molecular weight is 428 g/mol. The van der Waals surface area contributed by atoms with Crippen molar-refractivity contribution >= 4 is 28.7 Å². The van der Waals surface area contributed by atoms with Gasteiger partial charge in [-0.15, -0.1) is 0 Å². The normalized spacial score (nSPS) is 15.8. The summed E-state index contributed by atoms with van der Waals surface area (Å²) in [5, 5.41) is 4.00. The van der Waals surface area contributed by atoms with Crippen molar-refractivity contribution in [3.63, 3.8) is 0 Å². The van der Waals surface area contributed by atoms with Crippen LogP contribution in [0.4, 0.5) is 5.95 Å². The third-order valence-corrected chi connectivity index (χ3v) is 5.53. The van der Waals surface area contributed by atoms with E-state index in [0.29, 0.717) is 24.6 Å². The minimum Gasteiger partial charge on any atom is -0.464 e. The number of anilines is 1. The molecule has 9 nitrogen and oxygen atoms in total. The summed E-state index contributed by atoms with van der Waals surface area (Å²) in [5.41, 5.74) is 8.57. The largest absolute Gasteiger partial charge is 0.464 e. The zero-order chi connectivity index (χ0) is 22.1. The molecule has 3 aromatic heterocycles. The van der Waals surface area contributed by atoms with Gasteiger partial charge >= 0.3 is 0 Å². The second-order valence-corrected chi connectivity index (χ2v) is 7.61. The molecule has 1 aliphatic rings. The van der Waals surface area contributed by atoms with Gasteiger partial charge in [0.1, 0.15) is 5.58 Å². The Labute approximate surface area is 183 Å². The molecule has 1 saturated heterocycles. The molecule has 160 valence electrons. The standard InChI is InChI=1S/C23H20N6O3/c24-21(30)16-11-26-23(27-12-16)29-9-6-17(13-29)28-22(31)15-3-1-14(2-4-15)20-18-7-10-32-19(18)5-8-25-20/h1-5,7-8,10-12,17H,6,9,13H2,(H2,24,30)(H,28,31)/t17-/m0/s1. The Kier molecular flexibility index (Phi) is 4.98. The number of hydrogen-bond donors (Lipinski definition) is 2. The first-order valence-electron chi connectivity index (χ1n) is 10.2. The monoisotopic (exact) mass is 428 g/mol. The molecule has 3 N–H and O–H groups in total. The van der Waals surface area contributed by atoms with Crippen LogP contribution in [0.2, 0.25) is 0 Å². The van der Waals surface area contributed by atoms with Gasteiger partial charge in [0.2, 0.25) is 5.95 Å². The fourth-order valence-corrected chi connectivity index (χ4v) is 3.84. The topological polar surface area (TPSA) is 127 Å². The lowest BCUT2D eigenvalue weighted by Crippen LogP contribution is -2.37. The Morgan fingerprint density at radius 3 is 2.56 bits per heavy atom. The Hall–Kier alpha value is -4.27. The summed E-state index contributed by atoms with van der Waals surface area (Å²) in [6.45, 7) is 1.30. The van der Waals surface area contributed by atoms with Crippen LogP contribution in [0.15, 0.2) is 65.7 Å². The zero-order valence-corrected chi connectivity index (χ0v) is 17.1. The van der Waals surface area contributed by atoms with E-state index >= 15 is 0 Å². The smallest absolute Gasteiger partial charge is 0.251 e. The first-order chi connectivity index (χ1) is 15.6. The molecular formula is C23H20N6O3. The average Bonchev–Trinajstić information content (AvgIpc) is 3.49. The number of amides is 2. The van der Waals surface area contributed by atoms with Gasteiger partial charge in [-0.05, 0) is 30.7 Å². The molecule has 0 saturated carbocycles. The molecule has 4 aromatic rings. The molecule has 0 radical (unpaired) electrons. The van der Waals surface area contributed by atoms with Gasteiger partial charge in [0.05, 0.1) is 17.5 Å². The SMILES string of the molecule is NC(=O)c1cnc(N2CC[C@H](NC(=O)c3ccc(-c4nccc5occc45)cc3)C2)nc1. The highest BCUT2D eigenvalue weighted by molar-refractivity contribution is 5.96. The molecule has 0 unspecified atom stereocenters. The Morgan fingerprint density at radius 2 is 1.81 bits per heavy atom. The number of rotatable bonds is 5. The van der Waals surface area contributed by atoms with E-state index in [1.165, 1.54) is 12.4 Å². The maximum atomic E-state index is 12.7. The van der Waals surface area contributed by atoms with Crippen LogP contribution in [-0.2, 0) is 0 Å². The summed E-state index contributed by atoms with van der Waals surface area (Å²) in [6, 6.07) is 11.0. The molecule has 1 atom stereocenters. The van der Waals surface area contributed by atoms with Crippen LogP contribution < -0.4 is 16.0 Å². The first kappa shape index (κ1) is 19.7. The molecule has 2 amide bonds. The van der Waals surface area contributed by atoms with Crippen molar-refractivity contribution in [3.05, 3.63) is 72.4 Å². The van der Waals surface area contributed by atoms with Crippen molar-refractivity contribution in [1.82, 2.24) is 20.3 Å². The van der Waals surface area contributed by atoms with Crippen LogP contribution in [0.3, 0.4) is 0 Å². The van der Waals surface area contributed by atoms with Gasteiger partial charge in [0.15, 0.2) is 0 Å². The van der Waals surface area contributed by atoms with Crippen molar-refractivity contribution in [2.24, 2.45) is 5.73 Å². The van der Waals surface area contributed by atoms with Gasteiger partial charge in [-0.3, -0.25) is 14.6 Å². The molecule has 4 heterocycles. The quantitative estimate of drug-likeness (QED) is 0.500. The lowest BCUT2D eigenvalue weighted by atomic mass is 10.1. The lowest BCUT2D eigenvalue weighted by Gasteiger charge is -2.17.